The van der Waals surface area contributed by atoms with Crippen molar-refractivity contribution in [3.63, 3.8) is 0 Å². The Morgan fingerprint density at radius 1 is 1.25 bits per heavy atom. The largest absolute Gasteiger partial charge is 0.377 e. The minimum Gasteiger partial charge on any atom is -0.377 e. The SMILES string of the molecule is C1=NCC2=C3NC(CC2=C1)c1ccccc13. The number of nitrogens with zero attached hydrogens (tertiary/aromatic N) is 1. The molecule has 3 heterocycles. The molecular formula is C14H12N2. The maximum absolute atomic E-state index is 4.35. The van der Waals surface area contributed by atoms with Crippen molar-refractivity contribution >= 4 is 11.9 Å². The molecule has 1 N–H and O–H groups in total. The maximum atomic E-state index is 4.35. The highest BCUT2D eigenvalue weighted by Gasteiger charge is 2.34. The van der Waals surface area contributed by atoms with Crippen molar-refractivity contribution in [1.29, 1.82) is 0 Å². The molecule has 0 aliphatic carbocycles. The third-order valence-electron chi connectivity index (χ3n) is 3.67. The average Bonchev–Trinajstić information content (AvgIpc) is 2.65. The molecule has 1 unspecified atom stereocenters. The molecule has 2 heteroatoms. The molecule has 16 heavy (non-hydrogen) atoms. The molecule has 1 aromatic rings. The Morgan fingerprint density at radius 2 is 2.19 bits per heavy atom. The number of rotatable bonds is 0. The minimum absolute atomic E-state index is 0.479. The zero-order valence-electron chi connectivity index (χ0n) is 8.90. The van der Waals surface area contributed by atoms with E-state index in [9.17, 15) is 0 Å². The van der Waals surface area contributed by atoms with Crippen LogP contribution in [-0.4, -0.2) is 12.8 Å². The highest BCUT2D eigenvalue weighted by molar-refractivity contribution is 5.85. The first kappa shape index (κ1) is 8.34. The van der Waals surface area contributed by atoms with Gasteiger partial charge in [-0.3, -0.25) is 4.99 Å². The Bertz CT molecular complexity index is 564. The summed E-state index contributed by atoms with van der Waals surface area (Å²) in [5, 5.41) is 3.62. The molecule has 4 rings (SSSR count). The second-order valence-electron chi connectivity index (χ2n) is 4.52. The third-order valence-corrected chi connectivity index (χ3v) is 3.67. The van der Waals surface area contributed by atoms with Gasteiger partial charge in [0.15, 0.2) is 0 Å². The normalized spacial score (nSPS) is 24.8. The number of hydrogen-bond donors (Lipinski definition) is 1. The molecule has 0 radical (unpaired) electrons. The first-order valence-corrected chi connectivity index (χ1v) is 5.72. The van der Waals surface area contributed by atoms with Gasteiger partial charge in [-0.25, -0.2) is 0 Å². The van der Waals surface area contributed by atoms with Gasteiger partial charge in [0.25, 0.3) is 0 Å². The first-order chi connectivity index (χ1) is 7.93. The topological polar surface area (TPSA) is 24.4 Å². The molecule has 1 aromatic carbocycles. The van der Waals surface area contributed by atoms with E-state index in [0.29, 0.717) is 6.04 Å². The van der Waals surface area contributed by atoms with E-state index in [1.54, 1.807) is 0 Å². The summed E-state index contributed by atoms with van der Waals surface area (Å²) in [7, 11) is 0. The van der Waals surface area contributed by atoms with Gasteiger partial charge in [-0.1, -0.05) is 24.3 Å². The second-order valence-corrected chi connectivity index (χ2v) is 4.52. The van der Waals surface area contributed by atoms with E-state index >= 15 is 0 Å². The molecule has 0 amide bonds. The Morgan fingerprint density at radius 3 is 3.19 bits per heavy atom. The van der Waals surface area contributed by atoms with Gasteiger partial charge in [-0.2, -0.15) is 0 Å². The molecule has 78 valence electrons. The van der Waals surface area contributed by atoms with Crippen LogP contribution < -0.4 is 5.32 Å². The molecule has 0 fully saturated rings. The van der Waals surface area contributed by atoms with Gasteiger partial charge in [-0.05, 0) is 23.6 Å². The number of fused-ring (bicyclic) bond motifs is 6. The monoisotopic (exact) mass is 208 g/mol. The molecule has 3 aliphatic heterocycles. The van der Waals surface area contributed by atoms with E-state index in [1.807, 2.05) is 6.21 Å². The summed E-state index contributed by atoms with van der Waals surface area (Å²) in [4.78, 5) is 4.35. The predicted octanol–water partition coefficient (Wildman–Crippen LogP) is 2.46. The van der Waals surface area contributed by atoms with Crippen LogP contribution in [0.25, 0.3) is 5.70 Å². The number of dihydropyridines is 1. The molecule has 2 nitrogen and oxygen atoms in total. The number of benzene rings is 1. The van der Waals surface area contributed by atoms with Gasteiger partial charge in [0.05, 0.1) is 12.6 Å². The molecule has 3 aliphatic rings. The van der Waals surface area contributed by atoms with Crippen LogP contribution in [0.4, 0.5) is 0 Å². The van der Waals surface area contributed by atoms with Crippen LogP contribution in [-0.2, 0) is 0 Å². The molecule has 0 spiro atoms. The molecule has 2 bridgehead atoms. The fraction of sp³-hybridized carbons (Fsp3) is 0.214. The molecule has 0 saturated carbocycles. The summed E-state index contributed by atoms with van der Waals surface area (Å²) in [6.07, 6.45) is 5.20. The van der Waals surface area contributed by atoms with E-state index in [4.69, 9.17) is 0 Å². The number of nitrogens with one attached hydrogen (secondary N) is 1. The fourth-order valence-corrected chi connectivity index (χ4v) is 2.91. The van der Waals surface area contributed by atoms with Crippen molar-refractivity contribution in [2.24, 2.45) is 4.99 Å². The maximum Gasteiger partial charge on any atom is 0.0662 e. The smallest absolute Gasteiger partial charge is 0.0662 e. The van der Waals surface area contributed by atoms with E-state index in [0.717, 1.165) is 13.0 Å². The van der Waals surface area contributed by atoms with Crippen molar-refractivity contribution in [2.45, 2.75) is 12.5 Å². The Hall–Kier alpha value is -1.83. The van der Waals surface area contributed by atoms with Gasteiger partial charge >= 0.3 is 0 Å². The highest BCUT2D eigenvalue weighted by atomic mass is 15.0. The summed E-state index contributed by atoms with van der Waals surface area (Å²) in [6, 6.07) is 9.17. The second kappa shape index (κ2) is 2.85. The lowest BCUT2D eigenvalue weighted by Crippen LogP contribution is -2.21. The standard InChI is InChI=1S/C14H12N2/c1-2-4-11-10(3-1)13-7-9-5-6-15-8-12(9)14(11)16-13/h1-6,13,16H,7-8H2. The lowest BCUT2D eigenvalue weighted by molar-refractivity contribution is 0.636. The molecular weight excluding hydrogens is 196 g/mol. The zero-order chi connectivity index (χ0) is 10.5. The first-order valence-electron chi connectivity index (χ1n) is 5.72. The molecule has 0 saturated heterocycles. The Kier molecular flexibility index (Phi) is 1.48. The van der Waals surface area contributed by atoms with Crippen LogP contribution in [0.5, 0.6) is 0 Å². The van der Waals surface area contributed by atoms with Crippen LogP contribution >= 0.6 is 0 Å². The lowest BCUT2D eigenvalue weighted by atomic mass is 9.93. The fourth-order valence-electron chi connectivity index (χ4n) is 2.91. The van der Waals surface area contributed by atoms with E-state index in [1.165, 1.54) is 28.0 Å². The summed E-state index contributed by atoms with van der Waals surface area (Å²) < 4.78 is 0. The predicted molar refractivity (Wildman–Crippen MR) is 65.3 cm³/mol. The van der Waals surface area contributed by atoms with Gasteiger partial charge in [0.1, 0.15) is 0 Å². The van der Waals surface area contributed by atoms with E-state index in [2.05, 4.69) is 40.7 Å². The average molecular weight is 208 g/mol. The summed E-state index contributed by atoms with van der Waals surface area (Å²) in [6.45, 7) is 0.829. The summed E-state index contributed by atoms with van der Waals surface area (Å²) in [5.41, 5.74) is 6.99. The zero-order valence-corrected chi connectivity index (χ0v) is 8.90. The highest BCUT2D eigenvalue weighted by Crippen LogP contribution is 2.44. The van der Waals surface area contributed by atoms with Gasteiger partial charge in [0, 0.05) is 23.0 Å². The van der Waals surface area contributed by atoms with Crippen molar-refractivity contribution in [1.82, 2.24) is 5.32 Å². The van der Waals surface area contributed by atoms with Crippen LogP contribution in [0.1, 0.15) is 23.6 Å². The van der Waals surface area contributed by atoms with Crippen LogP contribution in [0.2, 0.25) is 0 Å². The van der Waals surface area contributed by atoms with Crippen molar-refractivity contribution < 1.29 is 0 Å². The quantitative estimate of drug-likeness (QED) is 0.696. The number of allylic oxidation sites excluding steroid dienone is 1. The minimum atomic E-state index is 0.479. The summed E-state index contributed by atoms with van der Waals surface area (Å²) in [5.74, 6) is 0. The molecule has 0 aromatic heterocycles. The van der Waals surface area contributed by atoms with Crippen molar-refractivity contribution in [2.75, 3.05) is 6.54 Å². The van der Waals surface area contributed by atoms with Crippen LogP contribution in [0, 0.1) is 0 Å². The Labute approximate surface area is 94.4 Å². The third kappa shape index (κ3) is 0.941. The van der Waals surface area contributed by atoms with Crippen molar-refractivity contribution in [3.05, 3.63) is 52.6 Å². The molecule has 1 atom stereocenters. The van der Waals surface area contributed by atoms with Crippen molar-refractivity contribution in [3.8, 4) is 0 Å². The van der Waals surface area contributed by atoms with Gasteiger partial charge in [0.2, 0.25) is 0 Å². The van der Waals surface area contributed by atoms with Crippen LogP contribution in [0.15, 0.2) is 46.5 Å². The van der Waals surface area contributed by atoms with Crippen LogP contribution in [0.3, 0.4) is 0 Å². The lowest BCUT2D eigenvalue weighted by Gasteiger charge is -2.25. The Balaban J connectivity index is 2.00. The number of aliphatic imine (C=N–C) groups is 1. The van der Waals surface area contributed by atoms with Gasteiger partial charge < -0.3 is 5.32 Å². The summed E-state index contributed by atoms with van der Waals surface area (Å²) >= 11 is 0. The van der Waals surface area contributed by atoms with E-state index in [-0.39, 0.29) is 0 Å². The number of hydrogen-bond acceptors (Lipinski definition) is 2. The van der Waals surface area contributed by atoms with Gasteiger partial charge in [-0.15, -0.1) is 0 Å². The van der Waals surface area contributed by atoms with E-state index < -0.39 is 0 Å².